The monoisotopic (exact) mass is 356 g/mol. The molecule has 7 heteroatoms. The van der Waals surface area contributed by atoms with E-state index in [0.29, 0.717) is 11.2 Å². The highest BCUT2D eigenvalue weighted by Crippen LogP contribution is 2.38. The number of rotatable bonds is 4. The van der Waals surface area contributed by atoms with Gasteiger partial charge in [0.2, 0.25) is 11.6 Å². The lowest BCUT2D eigenvalue weighted by Gasteiger charge is -2.09. The van der Waals surface area contributed by atoms with Crippen molar-refractivity contribution < 1.29 is 9.66 Å². The molecule has 2 aromatic rings. The highest BCUT2D eigenvalue weighted by Gasteiger charge is 2.20. The molecule has 20 heavy (non-hydrogen) atoms. The summed E-state index contributed by atoms with van der Waals surface area (Å²) in [5.41, 5.74) is 1.57. The average Bonchev–Trinajstić information content (AvgIpc) is 2.42. The van der Waals surface area contributed by atoms with Gasteiger partial charge in [-0.05, 0) is 24.6 Å². The molecule has 0 saturated heterocycles. The Hall–Kier alpha value is -1.66. The molecule has 0 saturated carbocycles. The van der Waals surface area contributed by atoms with E-state index < -0.39 is 4.92 Å². The molecule has 0 aliphatic heterocycles. The summed E-state index contributed by atoms with van der Waals surface area (Å²) in [6.07, 6.45) is 1.64. The van der Waals surface area contributed by atoms with Crippen LogP contribution < -0.4 is 4.74 Å². The van der Waals surface area contributed by atoms with Gasteiger partial charge >= 0.3 is 5.69 Å². The number of nitro benzene ring substituents is 1. The van der Waals surface area contributed by atoms with E-state index in [1.807, 2.05) is 13.0 Å². The van der Waals surface area contributed by atoms with E-state index in [4.69, 9.17) is 16.3 Å². The van der Waals surface area contributed by atoms with Gasteiger partial charge < -0.3 is 4.74 Å². The molecule has 5 nitrogen and oxygen atoms in total. The van der Waals surface area contributed by atoms with Crippen LogP contribution in [0.2, 0.25) is 5.02 Å². The summed E-state index contributed by atoms with van der Waals surface area (Å²) in [5.74, 6) is 0.298. The van der Waals surface area contributed by atoms with Crippen molar-refractivity contribution in [2.24, 2.45) is 0 Å². The summed E-state index contributed by atoms with van der Waals surface area (Å²) in [6.45, 7) is 1.82. The van der Waals surface area contributed by atoms with Gasteiger partial charge in [-0.15, -0.1) is 0 Å². The highest BCUT2D eigenvalue weighted by atomic mass is 79.9. The second-order valence-electron chi connectivity index (χ2n) is 4.05. The largest absolute Gasteiger partial charge is 0.430 e. The molecule has 0 fully saturated rings. The quantitative estimate of drug-likeness (QED) is 0.454. The van der Waals surface area contributed by atoms with Crippen molar-refractivity contribution in [3.63, 3.8) is 0 Å². The van der Waals surface area contributed by atoms with Gasteiger partial charge in [-0.25, -0.2) is 4.98 Å². The van der Waals surface area contributed by atoms with E-state index in [1.165, 1.54) is 18.2 Å². The first-order valence-corrected chi connectivity index (χ1v) is 7.15. The lowest BCUT2D eigenvalue weighted by Crippen LogP contribution is -1.97. The minimum Gasteiger partial charge on any atom is -0.430 e. The van der Waals surface area contributed by atoms with E-state index in [-0.39, 0.29) is 16.5 Å². The fraction of sp³-hybridized carbons (Fsp3) is 0.154. The predicted octanol–water partition coefficient (Wildman–Crippen LogP) is 4.64. The van der Waals surface area contributed by atoms with E-state index in [2.05, 4.69) is 20.9 Å². The minimum atomic E-state index is -0.538. The topological polar surface area (TPSA) is 65.3 Å². The van der Waals surface area contributed by atoms with Crippen LogP contribution in [-0.4, -0.2) is 9.91 Å². The number of nitro groups is 1. The van der Waals surface area contributed by atoms with Gasteiger partial charge in [0.15, 0.2) is 0 Å². The Bertz CT molecular complexity index is 664. The van der Waals surface area contributed by atoms with Gasteiger partial charge in [-0.1, -0.05) is 33.6 Å². The number of hydrogen-bond acceptors (Lipinski definition) is 4. The minimum absolute atomic E-state index is 0.00126. The SMILES string of the molecule is Cc1cc(CBr)cnc1Oc1c(Cl)cccc1[N+](=O)[O-]. The highest BCUT2D eigenvalue weighted by molar-refractivity contribution is 9.08. The summed E-state index contributed by atoms with van der Waals surface area (Å²) in [6, 6.07) is 6.26. The average molecular weight is 358 g/mol. The summed E-state index contributed by atoms with van der Waals surface area (Å²) < 4.78 is 5.53. The van der Waals surface area contributed by atoms with Crippen LogP contribution in [0.4, 0.5) is 5.69 Å². The van der Waals surface area contributed by atoms with Crippen LogP contribution in [0.5, 0.6) is 11.6 Å². The fourth-order valence-corrected chi connectivity index (χ4v) is 2.15. The lowest BCUT2D eigenvalue weighted by atomic mass is 10.2. The summed E-state index contributed by atoms with van der Waals surface area (Å²) in [4.78, 5) is 14.6. The molecule has 0 spiro atoms. The van der Waals surface area contributed by atoms with Crippen LogP contribution >= 0.6 is 27.5 Å². The Morgan fingerprint density at radius 2 is 2.25 bits per heavy atom. The standard InChI is InChI=1S/C13H10BrClN2O3/c1-8-5-9(6-14)7-16-13(8)20-12-10(15)3-2-4-11(12)17(18)19/h2-5,7H,6H2,1H3. The second kappa shape index (κ2) is 6.19. The zero-order valence-corrected chi connectivity index (χ0v) is 12.8. The number of benzene rings is 1. The Morgan fingerprint density at radius 1 is 1.50 bits per heavy atom. The molecule has 2 rings (SSSR count). The van der Waals surface area contributed by atoms with E-state index >= 15 is 0 Å². The van der Waals surface area contributed by atoms with Crippen LogP contribution in [0, 0.1) is 17.0 Å². The lowest BCUT2D eigenvalue weighted by molar-refractivity contribution is -0.385. The molecule has 1 heterocycles. The van der Waals surface area contributed by atoms with Crippen molar-refractivity contribution in [1.82, 2.24) is 4.98 Å². The molecule has 0 aliphatic carbocycles. The molecule has 0 amide bonds. The molecule has 0 bridgehead atoms. The summed E-state index contributed by atoms with van der Waals surface area (Å²) in [7, 11) is 0. The first-order valence-electron chi connectivity index (χ1n) is 5.65. The third-order valence-electron chi connectivity index (χ3n) is 2.58. The molecule has 0 atom stereocenters. The fourth-order valence-electron chi connectivity index (χ4n) is 1.64. The number of para-hydroxylation sites is 1. The summed E-state index contributed by atoms with van der Waals surface area (Å²) in [5, 5.41) is 11.8. The Morgan fingerprint density at radius 3 is 2.85 bits per heavy atom. The van der Waals surface area contributed by atoms with Crippen molar-refractivity contribution in [2.75, 3.05) is 0 Å². The van der Waals surface area contributed by atoms with Gasteiger partial charge in [0, 0.05) is 23.2 Å². The number of hydrogen-bond donors (Lipinski definition) is 0. The van der Waals surface area contributed by atoms with Crippen LogP contribution in [0.25, 0.3) is 0 Å². The Balaban J connectivity index is 2.42. The molecule has 0 radical (unpaired) electrons. The number of nitrogens with zero attached hydrogens (tertiary/aromatic N) is 2. The number of halogens is 2. The van der Waals surface area contributed by atoms with Gasteiger partial charge in [0.25, 0.3) is 0 Å². The maximum atomic E-state index is 11.0. The predicted molar refractivity (Wildman–Crippen MR) is 79.8 cm³/mol. The van der Waals surface area contributed by atoms with Crippen molar-refractivity contribution in [1.29, 1.82) is 0 Å². The molecule has 104 valence electrons. The number of alkyl halides is 1. The van der Waals surface area contributed by atoms with Gasteiger partial charge in [0.05, 0.1) is 9.95 Å². The van der Waals surface area contributed by atoms with Crippen molar-refractivity contribution in [3.8, 4) is 11.6 Å². The molecule has 1 aromatic carbocycles. The molecule has 0 N–H and O–H groups in total. The zero-order chi connectivity index (χ0) is 14.7. The first kappa shape index (κ1) is 14.7. The normalized spacial score (nSPS) is 10.3. The smallest absolute Gasteiger partial charge is 0.313 e. The van der Waals surface area contributed by atoms with Crippen LogP contribution in [0.15, 0.2) is 30.5 Å². The van der Waals surface area contributed by atoms with Crippen LogP contribution in [0.1, 0.15) is 11.1 Å². The molecule has 0 aliphatic rings. The van der Waals surface area contributed by atoms with Gasteiger partial charge in [-0.3, -0.25) is 10.1 Å². The van der Waals surface area contributed by atoms with Crippen molar-refractivity contribution in [2.45, 2.75) is 12.3 Å². The third-order valence-corrected chi connectivity index (χ3v) is 3.53. The number of aromatic nitrogens is 1. The molecular weight excluding hydrogens is 348 g/mol. The van der Waals surface area contributed by atoms with E-state index in [0.717, 1.165) is 11.1 Å². The number of aryl methyl sites for hydroxylation is 1. The van der Waals surface area contributed by atoms with E-state index in [9.17, 15) is 10.1 Å². The Kier molecular flexibility index (Phi) is 4.57. The van der Waals surface area contributed by atoms with Crippen molar-refractivity contribution in [3.05, 3.63) is 56.7 Å². The first-order chi connectivity index (χ1) is 9.52. The molecule has 1 aromatic heterocycles. The Labute approximate surface area is 128 Å². The van der Waals surface area contributed by atoms with E-state index in [1.54, 1.807) is 6.20 Å². The van der Waals surface area contributed by atoms with Gasteiger partial charge in [0.1, 0.15) is 0 Å². The molecule has 0 unspecified atom stereocenters. The maximum absolute atomic E-state index is 11.0. The maximum Gasteiger partial charge on any atom is 0.313 e. The molecular formula is C13H10BrClN2O3. The van der Waals surface area contributed by atoms with Crippen LogP contribution in [0.3, 0.4) is 0 Å². The summed E-state index contributed by atoms with van der Waals surface area (Å²) >= 11 is 9.30. The van der Waals surface area contributed by atoms with Crippen LogP contribution in [-0.2, 0) is 5.33 Å². The zero-order valence-electron chi connectivity index (χ0n) is 10.5. The van der Waals surface area contributed by atoms with Crippen molar-refractivity contribution >= 4 is 33.2 Å². The van der Waals surface area contributed by atoms with Gasteiger partial charge in [-0.2, -0.15) is 0 Å². The second-order valence-corrected chi connectivity index (χ2v) is 5.01. The third kappa shape index (κ3) is 3.08. The number of ether oxygens (including phenoxy) is 1. The number of pyridine rings is 1.